The summed E-state index contributed by atoms with van der Waals surface area (Å²) in [7, 11) is 0. The average Bonchev–Trinajstić information content (AvgIpc) is 2.45. The number of aryl methyl sites for hydroxylation is 2. The minimum absolute atomic E-state index is 0.0724. The zero-order valence-electron chi connectivity index (χ0n) is 12.3. The maximum Gasteiger partial charge on any atom is 0.134 e. The van der Waals surface area contributed by atoms with E-state index in [9.17, 15) is 8.78 Å². The van der Waals surface area contributed by atoms with E-state index in [1.165, 1.54) is 12.1 Å². The molecule has 1 nitrogen and oxygen atoms in total. The lowest BCUT2D eigenvalue weighted by atomic mass is 9.95. The predicted molar refractivity (Wildman–Crippen MR) is 85.5 cm³/mol. The molecule has 1 atom stereocenters. The molecule has 2 aromatic rings. The smallest absolute Gasteiger partial charge is 0.134 e. The maximum atomic E-state index is 14.5. The fourth-order valence-electron chi connectivity index (χ4n) is 2.40. The van der Waals surface area contributed by atoms with Gasteiger partial charge in [-0.1, -0.05) is 46.6 Å². The van der Waals surface area contributed by atoms with Gasteiger partial charge in [0.05, 0.1) is 6.04 Å². The second-order valence-electron chi connectivity index (χ2n) is 5.11. The highest BCUT2D eigenvalue weighted by Gasteiger charge is 2.24. The number of hydrogen-bond acceptors (Lipinski definition) is 1. The van der Waals surface area contributed by atoms with E-state index in [4.69, 9.17) is 0 Å². The number of rotatable bonds is 4. The molecule has 4 heteroatoms. The summed E-state index contributed by atoms with van der Waals surface area (Å²) in [6, 6.07) is 8.06. The van der Waals surface area contributed by atoms with Crippen LogP contribution in [0, 0.1) is 25.5 Å². The molecule has 1 N–H and O–H groups in total. The van der Waals surface area contributed by atoms with E-state index in [2.05, 4.69) is 21.2 Å². The second-order valence-corrected chi connectivity index (χ2v) is 5.96. The first-order valence-corrected chi connectivity index (χ1v) is 7.69. The first kappa shape index (κ1) is 16.1. The van der Waals surface area contributed by atoms with Gasteiger partial charge in [-0.3, -0.25) is 0 Å². The number of hydrogen-bond donors (Lipinski definition) is 1. The Hall–Kier alpha value is -1.26. The summed E-state index contributed by atoms with van der Waals surface area (Å²) in [6.45, 7) is 6.13. The molecule has 0 amide bonds. The van der Waals surface area contributed by atoms with E-state index in [-0.39, 0.29) is 5.56 Å². The van der Waals surface area contributed by atoms with E-state index in [0.29, 0.717) is 12.1 Å². The van der Waals surface area contributed by atoms with Gasteiger partial charge < -0.3 is 5.32 Å². The first-order valence-electron chi connectivity index (χ1n) is 6.89. The first-order chi connectivity index (χ1) is 9.95. The van der Waals surface area contributed by atoms with Gasteiger partial charge in [0, 0.05) is 10.0 Å². The summed E-state index contributed by atoms with van der Waals surface area (Å²) in [4.78, 5) is 0. The van der Waals surface area contributed by atoms with Crippen molar-refractivity contribution in [3.8, 4) is 0 Å². The molecular formula is C17H18BrF2N. The van der Waals surface area contributed by atoms with Crippen molar-refractivity contribution >= 4 is 15.9 Å². The van der Waals surface area contributed by atoms with Crippen LogP contribution in [0.3, 0.4) is 0 Å². The van der Waals surface area contributed by atoms with Crippen LogP contribution < -0.4 is 5.32 Å². The van der Waals surface area contributed by atoms with E-state index < -0.39 is 17.7 Å². The zero-order valence-corrected chi connectivity index (χ0v) is 13.9. The van der Waals surface area contributed by atoms with Gasteiger partial charge in [0.25, 0.3) is 0 Å². The molecule has 0 fully saturated rings. The standard InChI is InChI=1S/C17H18BrF2N/c1-4-21-17(12-9-10(2)5-7-13(12)18)15-14(19)8-6-11(3)16(15)20/h5-9,17,21H,4H2,1-3H3. The van der Waals surface area contributed by atoms with Crippen molar-refractivity contribution in [2.75, 3.05) is 6.54 Å². The van der Waals surface area contributed by atoms with Crippen LogP contribution in [0.1, 0.15) is 35.2 Å². The molecule has 1 unspecified atom stereocenters. The van der Waals surface area contributed by atoms with Crippen LogP contribution in [0.5, 0.6) is 0 Å². The molecule has 21 heavy (non-hydrogen) atoms. The van der Waals surface area contributed by atoms with Crippen LogP contribution in [-0.2, 0) is 0 Å². The lowest BCUT2D eigenvalue weighted by molar-refractivity contribution is 0.505. The van der Waals surface area contributed by atoms with E-state index in [1.807, 2.05) is 32.0 Å². The monoisotopic (exact) mass is 353 g/mol. The molecule has 2 rings (SSSR count). The van der Waals surface area contributed by atoms with Crippen molar-refractivity contribution in [3.63, 3.8) is 0 Å². The molecule has 0 bridgehead atoms. The largest absolute Gasteiger partial charge is 0.306 e. The van der Waals surface area contributed by atoms with Crippen molar-refractivity contribution in [2.45, 2.75) is 26.8 Å². The fourth-order valence-corrected chi connectivity index (χ4v) is 2.87. The van der Waals surface area contributed by atoms with Gasteiger partial charge in [-0.15, -0.1) is 0 Å². The Morgan fingerprint density at radius 3 is 2.52 bits per heavy atom. The lowest BCUT2D eigenvalue weighted by Gasteiger charge is -2.22. The van der Waals surface area contributed by atoms with E-state index in [1.54, 1.807) is 6.92 Å². The van der Waals surface area contributed by atoms with E-state index in [0.717, 1.165) is 15.6 Å². The molecule has 0 aliphatic heterocycles. The van der Waals surface area contributed by atoms with Crippen molar-refractivity contribution in [1.82, 2.24) is 5.32 Å². The quantitative estimate of drug-likeness (QED) is 0.811. The molecule has 2 aromatic carbocycles. The third-order valence-electron chi connectivity index (χ3n) is 3.48. The summed E-state index contributed by atoms with van der Waals surface area (Å²) < 4.78 is 29.5. The van der Waals surface area contributed by atoms with Gasteiger partial charge in [-0.2, -0.15) is 0 Å². The average molecular weight is 354 g/mol. The van der Waals surface area contributed by atoms with Gasteiger partial charge in [-0.25, -0.2) is 8.78 Å². The number of halogens is 3. The van der Waals surface area contributed by atoms with Crippen LogP contribution in [0.25, 0.3) is 0 Å². The maximum absolute atomic E-state index is 14.5. The SMILES string of the molecule is CCNC(c1cc(C)ccc1Br)c1c(F)ccc(C)c1F. The molecule has 0 aromatic heterocycles. The van der Waals surface area contributed by atoms with Gasteiger partial charge in [-0.05, 0) is 43.7 Å². The van der Waals surface area contributed by atoms with Crippen molar-refractivity contribution in [3.05, 3.63) is 68.7 Å². The predicted octanol–water partition coefficient (Wildman–Crippen LogP) is 5.04. The highest BCUT2D eigenvalue weighted by molar-refractivity contribution is 9.10. The second kappa shape index (κ2) is 6.67. The van der Waals surface area contributed by atoms with Crippen LogP contribution in [-0.4, -0.2) is 6.54 Å². The van der Waals surface area contributed by atoms with Crippen LogP contribution in [0.2, 0.25) is 0 Å². The molecule has 112 valence electrons. The number of nitrogens with one attached hydrogen (secondary N) is 1. The molecule has 0 saturated heterocycles. The summed E-state index contributed by atoms with van der Waals surface area (Å²) in [5.74, 6) is -1.02. The topological polar surface area (TPSA) is 12.0 Å². The van der Waals surface area contributed by atoms with Crippen molar-refractivity contribution < 1.29 is 8.78 Å². The Morgan fingerprint density at radius 2 is 1.86 bits per heavy atom. The van der Waals surface area contributed by atoms with E-state index >= 15 is 0 Å². The van der Waals surface area contributed by atoms with Crippen molar-refractivity contribution in [1.29, 1.82) is 0 Å². The summed E-state index contributed by atoms with van der Waals surface area (Å²) in [5.41, 5.74) is 2.39. The highest BCUT2D eigenvalue weighted by atomic mass is 79.9. The molecule has 0 aliphatic carbocycles. The van der Waals surface area contributed by atoms with Crippen LogP contribution in [0.4, 0.5) is 8.78 Å². The minimum Gasteiger partial charge on any atom is -0.306 e. The van der Waals surface area contributed by atoms with Crippen LogP contribution >= 0.6 is 15.9 Å². The molecule has 0 heterocycles. The third-order valence-corrected chi connectivity index (χ3v) is 4.20. The Bertz CT molecular complexity index is 655. The van der Waals surface area contributed by atoms with Gasteiger partial charge in [0.1, 0.15) is 11.6 Å². The lowest BCUT2D eigenvalue weighted by Crippen LogP contribution is -2.25. The molecule has 0 radical (unpaired) electrons. The molecule has 0 spiro atoms. The molecular weight excluding hydrogens is 336 g/mol. The van der Waals surface area contributed by atoms with Crippen molar-refractivity contribution in [2.24, 2.45) is 0 Å². The Balaban J connectivity index is 2.64. The van der Waals surface area contributed by atoms with Gasteiger partial charge in [0.2, 0.25) is 0 Å². The third kappa shape index (κ3) is 3.33. The summed E-state index contributed by atoms with van der Waals surface area (Å²) >= 11 is 3.48. The zero-order chi connectivity index (χ0) is 15.6. The van der Waals surface area contributed by atoms with Gasteiger partial charge in [0.15, 0.2) is 0 Å². The molecule has 0 saturated carbocycles. The van der Waals surface area contributed by atoms with Gasteiger partial charge >= 0.3 is 0 Å². The molecule has 0 aliphatic rings. The normalized spacial score (nSPS) is 12.5. The number of benzene rings is 2. The Kier molecular flexibility index (Phi) is 5.12. The Morgan fingerprint density at radius 1 is 1.14 bits per heavy atom. The highest BCUT2D eigenvalue weighted by Crippen LogP contribution is 2.33. The van der Waals surface area contributed by atoms with Crippen LogP contribution in [0.15, 0.2) is 34.8 Å². The Labute approximate surface area is 132 Å². The fraction of sp³-hybridized carbons (Fsp3) is 0.294. The summed E-state index contributed by atoms with van der Waals surface area (Å²) in [5, 5.41) is 3.18. The summed E-state index contributed by atoms with van der Waals surface area (Å²) in [6.07, 6.45) is 0. The minimum atomic E-state index is -0.530.